The smallest absolute Gasteiger partial charge is 0.341 e. The molecule has 1 N–H and O–H groups in total. The lowest BCUT2D eigenvalue weighted by Gasteiger charge is -2.29. The topological polar surface area (TPSA) is 54.5 Å². The van der Waals surface area contributed by atoms with Crippen LogP contribution in [0.25, 0.3) is 0 Å². The average molecular weight is 249 g/mol. The van der Waals surface area contributed by atoms with Crippen LogP contribution in [0.5, 0.6) is 0 Å². The summed E-state index contributed by atoms with van der Waals surface area (Å²) in [5.41, 5.74) is 1.62. The summed E-state index contributed by atoms with van der Waals surface area (Å²) in [5.74, 6) is 0.423. The maximum Gasteiger partial charge on any atom is 0.341 e. The summed E-state index contributed by atoms with van der Waals surface area (Å²) in [6.07, 6.45) is 2.70. The number of nitrogens with zero attached hydrogens (tertiary/aromatic N) is 2. The monoisotopic (exact) mass is 249 g/mol. The van der Waals surface area contributed by atoms with Crippen LogP contribution in [-0.4, -0.2) is 44.2 Å². The number of anilines is 1. The van der Waals surface area contributed by atoms with Crippen molar-refractivity contribution in [2.75, 3.05) is 38.2 Å². The molecular weight excluding hydrogens is 230 g/mol. The number of ether oxygens (including phenoxy) is 1. The molecule has 1 fully saturated rings. The summed E-state index contributed by atoms with van der Waals surface area (Å²) in [4.78, 5) is 18.4. The van der Waals surface area contributed by atoms with Gasteiger partial charge in [-0.2, -0.15) is 0 Å². The summed E-state index contributed by atoms with van der Waals surface area (Å²) in [6.45, 7) is 5.60. The molecule has 0 spiro atoms. The molecule has 0 bridgehead atoms. The van der Waals surface area contributed by atoms with Crippen molar-refractivity contribution in [2.24, 2.45) is 0 Å². The first-order valence-corrected chi connectivity index (χ1v) is 6.29. The van der Waals surface area contributed by atoms with Crippen LogP contribution in [0.15, 0.2) is 12.3 Å². The number of hydrogen-bond donors (Lipinski definition) is 1. The fourth-order valence-corrected chi connectivity index (χ4v) is 2.08. The van der Waals surface area contributed by atoms with Gasteiger partial charge in [-0.1, -0.05) is 6.92 Å². The number of nitrogens with one attached hydrogen (secondary N) is 1. The number of rotatable bonds is 3. The van der Waals surface area contributed by atoms with Gasteiger partial charge in [0.15, 0.2) is 0 Å². The standard InChI is InChI=1S/C13H19N3O2/c1-3-10-8-11(13(17)18-2)12(15-9-10)16-6-4-14-5-7-16/h8-9,14H,3-7H2,1-2H3. The molecule has 1 saturated heterocycles. The molecule has 0 radical (unpaired) electrons. The molecule has 1 aliphatic heterocycles. The van der Waals surface area contributed by atoms with E-state index in [0.717, 1.165) is 44.0 Å². The Morgan fingerprint density at radius 2 is 2.22 bits per heavy atom. The normalized spacial score (nSPS) is 15.6. The molecule has 0 saturated carbocycles. The number of carbonyl (C=O) groups excluding carboxylic acids is 1. The number of esters is 1. The van der Waals surface area contributed by atoms with Crippen molar-refractivity contribution in [1.29, 1.82) is 0 Å². The molecule has 1 aromatic rings. The minimum Gasteiger partial charge on any atom is -0.465 e. The van der Waals surface area contributed by atoms with Gasteiger partial charge in [0, 0.05) is 32.4 Å². The van der Waals surface area contributed by atoms with Gasteiger partial charge in [-0.15, -0.1) is 0 Å². The number of aromatic nitrogens is 1. The zero-order valence-electron chi connectivity index (χ0n) is 10.9. The molecule has 0 atom stereocenters. The van der Waals surface area contributed by atoms with Crippen LogP contribution in [0.2, 0.25) is 0 Å². The Morgan fingerprint density at radius 1 is 1.50 bits per heavy atom. The van der Waals surface area contributed by atoms with E-state index in [1.807, 2.05) is 19.2 Å². The van der Waals surface area contributed by atoms with Gasteiger partial charge in [0.25, 0.3) is 0 Å². The molecule has 0 aromatic carbocycles. The first kappa shape index (κ1) is 12.8. The van der Waals surface area contributed by atoms with E-state index in [1.54, 1.807) is 0 Å². The lowest BCUT2D eigenvalue weighted by molar-refractivity contribution is 0.0601. The summed E-state index contributed by atoms with van der Waals surface area (Å²) in [6, 6.07) is 1.89. The van der Waals surface area contributed by atoms with Gasteiger partial charge in [-0.3, -0.25) is 0 Å². The van der Waals surface area contributed by atoms with Crippen molar-refractivity contribution in [2.45, 2.75) is 13.3 Å². The third-order valence-electron chi connectivity index (χ3n) is 3.15. The Labute approximate surface area is 107 Å². The predicted octanol–water partition coefficient (Wildman–Crippen LogP) is 0.840. The van der Waals surface area contributed by atoms with Gasteiger partial charge in [0.2, 0.25) is 0 Å². The number of piperazine rings is 1. The zero-order valence-corrected chi connectivity index (χ0v) is 10.9. The van der Waals surface area contributed by atoms with Gasteiger partial charge >= 0.3 is 5.97 Å². The number of hydrogen-bond acceptors (Lipinski definition) is 5. The number of aryl methyl sites for hydroxylation is 1. The van der Waals surface area contributed by atoms with Crippen LogP contribution < -0.4 is 10.2 Å². The highest BCUT2D eigenvalue weighted by molar-refractivity contribution is 5.95. The highest BCUT2D eigenvalue weighted by Crippen LogP contribution is 2.20. The number of pyridine rings is 1. The highest BCUT2D eigenvalue weighted by atomic mass is 16.5. The Balaban J connectivity index is 2.35. The van der Waals surface area contributed by atoms with Crippen LogP contribution in [0.1, 0.15) is 22.8 Å². The first-order chi connectivity index (χ1) is 8.76. The number of methoxy groups -OCH3 is 1. The molecule has 0 unspecified atom stereocenters. The average Bonchev–Trinajstić information content (AvgIpc) is 2.46. The van der Waals surface area contributed by atoms with Gasteiger partial charge < -0.3 is 15.0 Å². The summed E-state index contributed by atoms with van der Waals surface area (Å²) >= 11 is 0. The minimum absolute atomic E-state index is 0.314. The first-order valence-electron chi connectivity index (χ1n) is 6.29. The van der Waals surface area contributed by atoms with Crippen molar-refractivity contribution < 1.29 is 9.53 Å². The SMILES string of the molecule is CCc1cnc(N2CCNCC2)c(C(=O)OC)c1. The second-order valence-corrected chi connectivity index (χ2v) is 4.30. The van der Waals surface area contributed by atoms with Crippen molar-refractivity contribution >= 4 is 11.8 Å². The molecule has 2 heterocycles. The molecule has 5 heteroatoms. The Morgan fingerprint density at radius 3 is 2.83 bits per heavy atom. The van der Waals surface area contributed by atoms with Crippen LogP contribution in [0.4, 0.5) is 5.82 Å². The van der Waals surface area contributed by atoms with Crippen molar-refractivity contribution in [3.05, 3.63) is 23.4 Å². The maximum absolute atomic E-state index is 11.8. The van der Waals surface area contributed by atoms with E-state index < -0.39 is 0 Å². The van der Waals surface area contributed by atoms with E-state index in [1.165, 1.54) is 7.11 Å². The lowest BCUT2D eigenvalue weighted by Crippen LogP contribution is -2.44. The van der Waals surface area contributed by atoms with Gasteiger partial charge in [-0.25, -0.2) is 9.78 Å². The van der Waals surface area contributed by atoms with E-state index in [0.29, 0.717) is 5.56 Å². The van der Waals surface area contributed by atoms with Crippen molar-refractivity contribution in [3.63, 3.8) is 0 Å². The minimum atomic E-state index is -0.314. The van der Waals surface area contributed by atoms with E-state index in [4.69, 9.17) is 4.74 Å². The summed E-state index contributed by atoms with van der Waals surface area (Å²) < 4.78 is 4.85. The second-order valence-electron chi connectivity index (χ2n) is 4.30. The molecule has 0 aliphatic carbocycles. The third kappa shape index (κ3) is 2.61. The van der Waals surface area contributed by atoms with E-state index in [9.17, 15) is 4.79 Å². The molecule has 1 aromatic heterocycles. The summed E-state index contributed by atoms with van der Waals surface area (Å²) in [7, 11) is 1.41. The van der Waals surface area contributed by atoms with E-state index >= 15 is 0 Å². The highest BCUT2D eigenvalue weighted by Gasteiger charge is 2.20. The molecular formula is C13H19N3O2. The Bertz CT molecular complexity index is 428. The predicted molar refractivity (Wildman–Crippen MR) is 70.0 cm³/mol. The molecule has 18 heavy (non-hydrogen) atoms. The Kier molecular flexibility index (Phi) is 4.15. The quantitative estimate of drug-likeness (QED) is 0.805. The van der Waals surface area contributed by atoms with Crippen LogP contribution >= 0.6 is 0 Å². The molecule has 0 amide bonds. The molecule has 2 rings (SSSR count). The summed E-state index contributed by atoms with van der Waals surface area (Å²) in [5, 5.41) is 3.28. The van der Waals surface area contributed by atoms with Gasteiger partial charge in [-0.05, 0) is 18.1 Å². The van der Waals surface area contributed by atoms with Crippen LogP contribution in [0.3, 0.4) is 0 Å². The molecule has 98 valence electrons. The van der Waals surface area contributed by atoms with Gasteiger partial charge in [0.1, 0.15) is 11.4 Å². The van der Waals surface area contributed by atoms with E-state index in [2.05, 4.69) is 15.2 Å². The zero-order chi connectivity index (χ0) is 13.0. The Hall–Kier alpha value is -1.62. The fraction of sp³-hybridized carbons (Fsp3) is 0.538. The van der Waals surface area contributed by atoms with Crippen LogP contribution in [0, 0.1) is 0 Å². The molecule has 5 nitrogen and oxygen atoms in total. The fourth-order valence-electron chi connectivity index (χ4n) is 2.08. The third-order valence-corrected chi connectivity index (χ3v) is 3.15. The van der Waals surface area contributed by atoms with Crippen molar-refractivity contribution in [3.8, 4) is 0 Å². The lowest BCUT2D eigenvalue weighted by atomic mass is 10.1. The van der Waals surface area contributed by atoms with Gasteiger partial charge in [0.05, 0.1) is 7.11 Å². The largest absolute Gasteiger partial charge is 0.465 e. The van der Waals surface area contributed by atoms with Crippen molar-refractivity contribution in [1.82, 2.24) is 10.3 Å². The number of carbonyl (C=O) groups is 1. The van der Waals surface area contributed by atoms with E-state index in [-0.39, 0.29) is 5.97 Å². The van der Waals surface area contributed by atoms with Crippen LogP contribution in [-0.2, 0) is 11.2 Å². The maximum atomic E-state index is 11.8. The molecule has 1 aliphatic rings. The second kappa shape index (κ2) is 5.82.